The van der Waals surface area contributed by atoms with Crippen LogP contribution in [-0.2, 0) is 0 Å². The molecule has 2 fully saturated rings. The van der Waals surface area contributed by atoms with E-state index in [-0.39, 0.29) is 0 Å². The number of nitrogens with one attached hydrogen (secondary N) is 1. The fraction of sp³-hybridized carbons (Fsp3) is 1.00. The topological polar surface area (TPSA) is 12.0 Å². The van der Waals surface area contributed by atoms with Crippen LogP contribution >= 0.6 is 0 Å². The van der Waals surface area contributed by atoms with Crippen LogP contribution in [0.2, 0.25) is 0 Å². The van der Waals surface area contributed by atoms with E-state index < -0.39 is 0 Å². The molecule has 0 aliphatic heterocycles. The maximum absolute atomic E-state index is 3.93. The normalized spacial score (nSPS) is 47.0. The van der Waals surface area contributed by atoms with Gasteiger partial charge in [-0.1, -0.05) is 27.2 Å². The Kier molecular flexibility index (Phi) is 3.71. The van der Waals surface area contributed by atoms with Crippen molar-refractivity contribution in [3.05, 3.63) is 0 Å². The molecule has 0 aromatic heterocycles. The summed E-state index contributed by atoms with van der Waals surface area (Å²) in [6.07, 6.45) is 8.56. The standard InChI is InChI=1S/C14H27N/c1-10-7-11(2)9-13(8-10)15-14-6-4-5-12(14)3/h10-15H,4-9H2,1-3H3. The lowest BCUT2D eigenvalue weighted by Gasteiger charge is -2.34. The van der Waals surface area contributed by atoms with Crippen molar-refractivity contribution in [3.63, 3.8) is 0 Å². The highest BCUT2D eigenvalue weighted by Crippen LogP contribution is 2.31. The van der Waals surface area contributed by atoms with Crippen molar-refractivity contribution in [1.82, 2.24) is 5.32 Å². The van der Waals surface area contributed by atoms with Gasteiger partial charge in [-0.3, -0.25) is 0 Å². The molecule has 0 saturated heterocycles. The Balaban J connectivity index is 1.83. The third kappa shape index (κ3) is 2.96. The highest BCUT2D eigenvalue weighted by Gasteiger charge is 2.29. The van der Waals surface area contributed by atoms with Gasteiger partial charge in [0, 0.05) is 12.1 Å². The Morgan fingerprint density at radius 1 is 0.867 bits per heavy atom. The van der Waals surface area contributed by atoms with E-state index in [1.165, 1.54) is 38.5 Å². The van der Waals surface area contributed by atoms with Crippen LogP contribution in [0.4, 0.5) is 0 Å². The highest BCUT2D eigenvalue weighted by molar-refractivity contribution is 4.87. The molecule has 2 aliphatic carbocycles. The van der Waals surface area contributed by atoms with E-state index in [0.717, 1.165) is 29.8 Å². The third-order valence-corrected chi connectivity index (χ3v) is 4.49. The van der Waals surface area contributed by atoms with Crippen molar-refractivity contribution in [2.75, 3.05) is 0 Å². The first-order chi connectivity index (χ1) is 7.15. The second-order valence-corrected chi connectivity index (χ2v) is 6.30. The Bertz CT molecular complexity index is 192. The molecule has 0 spiro atoms. The maximum atomic E-state index is 3.93. The minimum atomic E-state index is 0.814. The zero-order chi connectivity index (χ0) is 10.8. The molecule has 1 nitrogen and oxygen atoms in total. The van der Waals surface area contributed by atoms with Crippen molar-refractivity contribution >= 4 is 0 Å². The summed E-state index contributed by atoms with van der Waals surface area (Å²) in [6.45, 7) is 7.26. The molecule has 4 unspecified atom stereocenters. The minimum absolute atomic E-state index is 0.814. The van der Waals surface area contributed by atoms with Gasteiger partial charge in [-0.15, -0.1) is 0 Å². The monoisotopic (exact) mass is 209 g/mol. The van der Waals surface area contributed by atoms with Gasteiger partial charge in [0.1, 0.15) is 0 Å². The molecule has 2 aliphatic rings. The Labute approximate surface area is 95.0 Å². The van der Waals surface area contributed by atoms with Gasteiger partial charge in [-0.25, -0.2) is 0 Å². The van der Waals surface area contributed by atoms with Crippen LogP contribution in [0.15, 0.2) is 0 Å². The molecule has 88 valence electrons. The lowest BCUT2D eigenvalue weighted by Crippen LogP contribution is -2.43. The van der Waals surface area contributed by atoms with Crippen LogP contribution in [0.1, 0.15) is 59.3 Å². The molecule has 0 radical (unpaired) electrons. The summed E-state index contributed by atoms with van der Waals surface area (Å²) in [5.41, 5.74) is 0. The largest absolute Gasteiger partial charge is 0.311 e. The molecular formula is C14H27N. The summed E-state index contributed by atoms with van der Waals surface area (Å²) in [4.78, 5) is 0. The van der Waals surface area contributed by atoms with Crippen LogP contribution in [0.3, 0.4) is 0 Å². The molecule has 2 rings (SSSR count). The second-order valence-electron chi connectivity index (χ2n) is 6.30. The summed E-state index contributed by atoms with van der Waals surface area (Å²) >= 11 is 0. The second kappa shape index (κ2) is 4.86. The maximum Gasteiger partial charge on any atom is 0.00952 e. The molecule has 0 aromatic carbocycles. The molecule has 1 heteroatoms. The molecule has 2 saturated carbocycles. The summed E-state index contributed by atoms with van der Waals surface area (Å²) < 4.78 is 0. The fourth-order valence-corrected chi connectivity index (χ4v) is 3.78. The van der Waals surface area contributed by atoms with Crippen LogP contribution in [0.25, 0.3) is 0 Å². The summed E-state index contributed by atoms with van der Waals surface area (Å²) in [6, 6.07) is 1.64. The van der Waals surface area contributed by atoms with E-state index in [1.807, 2.05) is 0 Å². The predicted octanol–water partition coefficient (Wildman–Crippen LogP) is 3.59. The van der Waals surface area contributed by atoms with Gasteiger partial charge in [-0.2, -0.15) is 0 Å². The highest BCUT2D eigenvalue weighted by atomic mass is 15.0. The average molecular weight is 209 g/mol. The van der Waals surface area contributed by atoms with Crippen LogP contribution in [0.5, 0.6) is 0 Å². The van der Waals surface area contributed by atoms with E-state index in [0.29, 0.717) is 0 Å². The molecule has 15 heavy (non-hydrogen) atoms. The number of rotatable bonds is 2. The first-order valence-electron chi connectivity index (χ1n) is 6.91. The summed E-state index contributed by atoms with van der Waals surface area (Å²) in [7, 11) is 0. The van der Waals surface area contributed by atoms with Crippen molar-refractivity contribution < 1.29 is 0 Å². The summed E-state index contributed by atoms with van der Waals surface area (Å²) in [5, 5.41) is 3.93. The van der Waals surface area contributed by atoms with Gasteiger partial charge in [0.25, 0.3) is 0 Å². The Hall–Kier alpha value is -0.0400. The Morgan fingerprint density at radius 3 is 2.07 bits per heavy atom. The van der Waals surface area contributed by atoms with Crippen LogP contribution in [-0.4, -0.2) is 12.1 Å². The lowest BCUT2D eigenvalue weighted by molar-refractivity contribution is 0.216. The zero-order valence-corrected chi connectivity index (χ0v) is 10.6. The van der Waals surface area contributed by atoms with Gasteiger partial charge in [0.2, 0.25) is 0 Å². The molecule has 0 bridgehead atoms. The molecule has 4 atom stereocenters. The quantitative estimate of drug-likeness (QED) is 0.733. The van der Waals surface area contributed by atoms with Gasteiger partial charge >= 0.3 is 0 Å². The third-order valence-electron chi connectivity index (χ3n) is 4.49. The first kappa shape index (κ1) is 11.4. The van der Waals surface area contributed by atoms with E-state index in [2.05, 4.69) is 26.1 Å². The summed E-state index contributed by atoms with van der Waals surface area (Å²) in [5.74, 6) is 2.78. The van der Waals surface area contributed by atoms with Crippen molar-refractivity contribution in [1.29, 1.82) is 0 Å². The van der Waals surface area contributed by atoms with Crippen molar-refractivity contribution in [2.45, 2.75) is 71.4 Å². The zero-order valence-electron chi connectivity index (χ0n) is 10.6. The molecule has 0 amide bonds. The van der Waals surface area contributed by atoms with Gasteiger partial charge in [0.05, 0.1) is 0 Å². The van der Waals surface area contributed by atoms with E-state index in [9.17, 15) is 0 Å². The predicted molar refractivity (Wildman–Crippen MR) is 65.9 cm³/mol. The molecule has 0 heterocycles. The van der Waals surface area contributed by atoms with Crippen LogP contribution in [0, 0.1) is 17.8 Å². The first-order valence-corrected chi connectivity index (χ1v) is 6.91. The fourth-order valence-electron chi connectivity index (χ4n) is 3.78. The van der Waals surface area contributed by atoms with Gasteiger partial charge < -0.3 is 5.32 Å². The van der Waals surface area contributed by atoms with E-state index >= 15 is 0 Å². The Morgan fingerprint density at radius 2 is 1.53 bits per heavy atom. The van der Waals surface area contributed by atoms with Crippen molar-refractivity contribution in [3.8, 4) is 0 Å². The van der Waals surface area contributed by atoms with Crippen molar-refractivity contribution in [2.24, 2.45) is 17.8 Å². The number of hydrogen-bond acceptors (Lipinski definition) is 1. The van der Waals surface area contributed by atoms with Crippen LogP contribution < -0.4 is 5.32 Å². The number of hydrogen-bond donors (Lipinski definition) is 1. The van der Waals surface area contributed by atoms with E-state index in [4.69, 9.17) is 0 Å². The van der Waals surface area contributed by atoms with E-state index in [1.54, 1.807) is 0 Å². The average Bonchev–Trinajstić information content (AvgIpc) is 2.50. The lowest BCUT2D eigenvalue weighted by atomic mass is 9.80. The molecular weight excluding hydrogens is 182 g/mol. The van der Waals surface area contributed by atoms with Gasteiger partial charge in [-0.05, 0) is 49.9 Å². The molecule has 0 aromatic rings. The SMILES string of the molecule is CC1CC(C)CC(NC2CCCC2C)C1. The minimum Gasteiger partial charge on any atom is -0.311 e. The molecule has 1 N–H and O–H groups in total. The smallest absolute Gasteiger partial charge is 0.00952 e. The van der Waals surface area contributed by atoms with Gasteiger partial charge in [0.15, 0.2) is 0 Å².